The van der Waals surface area contributed by atoms with Crippen LogP contribution in [0.2, 0.25) is 5.02 Å². The average Bonchev–Trinajstić information content (AvgIpc) is 2.98. The van der Waals surface area contributed by atoms with Crippen molar-refractivity contribution in [2.24, 2.45) is 0 Å². The molecule has 180 valence electrons. The molecule has 0 amide bonds. The van der Waals surface area contributed by atoms with Gasteiger partial charge in [0, 0.05) is 12.6 Å². The van der Waals surface area contributed by atoms with E-state index in [4.69, 9.17) is 35.6 Å². The maximum absolute atomic E-state index is 14.6. The normalized spacial score (nSPS) is 31.5. The predicted octanol–water partition coefficient (Wildman–Crippen LogP) is 2.81. The van der Waals surface area contributed by atoms with Gasteiger partial charge in [0.25, 0.3) is 0 Å². The molecular formula is C18H18ClF3N3O7P. The van der Waals surface area contributed by atoms with Crippen LogP contribution >= 0.6 is 19.4 Å². The molecule has 2 fully saturated rings. The number of phosphoric acid groups is 1. The fourth-order valence-electron chi connectivity index (χ4n) is 3.39. The number of ether oxygens (including phenoxy) is 1. The molecule has 0 aliphatic carbocycles. The Balaban J connectivity index is 1.46. The number of nitrogen functional groups attached to an aromatic ring is 1. The minimum Gasteiger partial charge on any atom is -0.384 e. The summed E-state index contributed by atoms with van der Waals surface area (Å²) in [6, 6.07) is 4.99. The summed E-state index contributed by atoms with van der Waals surface area (Å²) >= 11 is 5.66. The molecule has 3 N–H and O–H groups in total. The lowest BCUT2D eigenvalue weighted by Crippen LogP contribution is -2.42. The van der Waals surface area contributed by atoms with E-state index in [1.54, 1.807) is 0 Å². The van der Waals surface area contributed by atoms with Crippen LogP contribution in [0, 0.1) is 5.82 Å². The van der Waals surface area contributed by atoms with Crippen molar-refractivity contribution >= 4 is 25.2 Å². The van der Waals surface area contributed by atoms with Gasteiger partial charge in [0.05, 0.1) is 24.3 Å². The maximum atomic E-state index is 14.6. The topological polar surface area (TPSA) is 135 Å². The number of aromatic nitrogens is 2. The number of hydrogen-bond donors (Lipinski definition) is 2. The molecular weight excluding hydrogens is 494 g/mol. The molecule has 0 saturated carbocycles. The zero-order chi connectivity index (χ0) is 24.0. The second-order valence-corrected chi connectivity index (χ2v) is 9.35. The lowest BCUT2D eigenvalue weighted by molar-refractivity contribution is -0.140. The fourth-order valence-corrected chi connectivity index (χ4v) is 4.90. The summed E-state index contributed by atoms with van der Waals surface area (Å²) in [6.07, 6.45) is -6.03. The van der Waals surface area contributed by atoms with Crippen LogP contribution in [-0.4, -0.2) is 46.0 Å². The van der Waals surface area contributed by atoms with Crippen LogP contribution in [0.3, 0.4) is 0 Å². The van der Waals surface area contributed by atoms with Gasteiger partial charge in [0.1, 0.15) is 17.7 Å². The SMILES string of the molecule is Nc1ccn([C@@H]2O[C@H](CO[P@]3(=O)OCC[C@H](c4ccc(Cl)c(F)c4)O3)[C@@H](O)C2(F)F)c(=O)n1. The van der Waals surface area contributed by atoms with E-state index < -0.39 is 56.4 Å². The van der Waals surface area contributed by atoms with Gasteiger partial charge in [-0.15, -0.1) is 0 Å². The number of alkyl halides is 2. The third-order valence-corrected chi connectivity index (χ3v) is 6.87. The van der Waals surface area contributed by atoms with Crippen LogP contribution in [0.1, 0.15) is 24.3 Å². The summed E-state index contributed by atoms with van der Waals surface area (Å²) in [5.41, 5.74) is 4.56. The minimum absolute atomic E-state index is 0.0917. The fraction of sp³-hybridized carbons (Fsp3) is 0.444. The highest BCUT2D eigenvalue weighted by molar-refractivity contribution is 7.48. The molecule has 0 bridgehead atoms. The quantitative estimate of drug-likeness (QED) is 0.581. The average molecular weight is 512 g/mol. The highest BCUT2D eigenvalue weighted by atomic mass is 35.5. The first-order valence-electron chi connectivity index (χ1n) is 9.58. The van der Waals surface area contributed by atoms with Gasteiger partial charge in [-0.3, -0.25) is 18.1 Å². The van der Waals surface area contributed by atoms with E-state index in [0.717, 1.165) is 18.3 Å². The molecule has 1 aromatic heterocycles. The number of nitrogens with two attached hydrogens (primary N) is 1. The molecule has 5 atom stereocenters. The summed E-state index contributed by atoms with van der Waals surface area (Å²) in [5, 5.41) is 9.95. The third-order valence-electron chi connectivity index (χ3n) is 5.08. The van der Waals surface area contributed by atoms with E-state index in [9.17, 15) is 27.6 Å². The molecule has 0 unspecified atom stereocenters. The Labute approximate surface area is 189 Å². The molecule has 2 aromatic rings. The van der Waals surface area contributed by atoms with E-state index >= 15 is 0 Å². The molecule has 0 radical (unpaired) electrons. The van der Waals surface area contributed by atoms with Crippen molar-refractivity contribution in [3.8, 4) is 0 Å². The van der Waals surface area contributed by atoms with Gasteiger partial charge < -0.3 is 15.6 Å². The number of aliphatic hydroxyl groups is 1. The van der Waals surface area contributed by atoms with E-state index in [0.29, 0.717) is 10.1 Å². The third kappa shape index (κ3) is 4.80. The predicted molar refractivity (Wildman–Crippen MR) is 107 cm³/mol. The van der Waals surface area contributed by atoms with Crippen LogP contribution in [0.15, 0.2) is 35.3 Å². The highest BCUT2D eigenvalue weighted by Gasteiger charge is 2.60. The molecule has 2 saturated heterocycles. The molecule has 4 rings (SSSR count). The number of anilines is 1. The maximum Gasteiger partial charge on any atom is 0.475 e. The summed E-state index contributed by atoms with van der Waals surface area (Å²) in [4.78, 5) is 15.3. The van der Waals surface area contributed by atoms with E-state index in [2.05, 4.69) is 4.98 Å². The van der Waals surface area contributed by atoms with Crippen molar-refractivity contribution in [1.29, 1.82) is 0 Å². The van der Waals surface area contributed by atoms with Crippen molar-refractivity contribution in [2.45, 2.75) is 36.9 Å². The number of hydrogen-bond acceptors (Lipinski definition) is 9. The highest BCUT2D eigenvalue weighted by Crippen LogP contribution is 2.57. The Hall–Kier alpha value is -1.99. The summed E-state index contributed by atoms with van der Waals surface area (Å²) in [5.74, 6) is -4.80. The summed E-state index contributed by atoms with van der Waals surface area (Å²) < 4.78 is 76.9. The van der Waals surface area contributed by atoms with Crippen molar-refractivity contribution in [3.05, 3.63) is 57.3 Å². The van der Waals surface area contributed by atoms with Gasteiger partial charge in [-0.05, 0) is 23.8 Å². The second-order valence-electron chi connectivity index (χ2n) is 7.32. The number of aliphatic hydroxyl groups excluding tert-OH is 1. The summed E-state index contributed by atoms with van der Waals surface area (Å²) in [7, 11) is -4.28. The molecule has 2 aliphatic rings. The van der Waals surface area contributed by atoms with E-state index in [1.165, 1.54) is 12.1 Å². The van der Waals surface area contributed by atoms with Gasteiger partial charge in [0.15, 0.2) is 6.10 Å². The lowest BCUT2D eigenvalue weighted by Gasteiger charge is -2.29. The second kappa shape index (κ2) is 8.99. The molecule has 1 aromatic carbocycles. The van der Waals surface area contributed by atoms with Crippen molar-refractivity contribution in [3.63, 3.8) is 0 Å². The van der Waals surface area contributed by atoms with E-state index in [-0.39, 0.29) is 23.9 Å². The van der Waals surface area contributed by atoms with Crippen LogP contribution in [0.5, 0.6) is 0 Å². The van der Waals surface area contributed by atoms with Crippen LogP contribution in [0.25, 0.3) is 0 Å². The lowest BCUT2D eigenvalue weighted by atomic mass is 10.1. The molecule has 0 spiro atoms. The van der Waals surface area contributed by atoms with Gasteiger partial charge in [0.2, 0.25) is 6.23 Å². The first-order valence-corrected chi connectivity index (χ1v) is 11.4. The Morgan fingerprint density at radius 2 is 2.15 bits per heavy atom. The Morgan fingerprint density at radius 1 is 1.39 bits per heavy atom. The number of halogens is 4. The summed E-state index contributed by atoms with van der Waals surface area (Å²) in [6.45, 7) is -0.908. The monoisotopic (exact) mass is 511 g/mol. The molecule has 10 nitrogen and oxygen atoms in total. The van der Waals surface area contributed by atoms with Crippen LogP contribution in [0.4, 0.5) is 19.0 Å². The first-order chi connectivity index (χ1) is 15.5. The molecule has 3 heterocycles. The van der Waals surface area contributed by atoms with Gasteiger partial charge in [-0.2, -0.15) is 13.8 Å². The number of phosphoric ester groups is 1. The largest absolute Gasteiger partial charge is 0.475 e. The van der Waals surface area contributed by atoms with Gasteiger partial charge in [-0.25, -0.2) is 13.8 Å². The smallest absolute Gasteiger partial charge is 0.384 e. The number of benzene rings is 1. The minimum atomic E-state index is -4.28. The Morgan fingerprint density at radius 3 is 2.85 bits per heavy atom. The van der Waals surface area contributed by atoms with Gasteiger partial charge in [-0.1, -0.05) is 17.7 Å². The standard InChI is InChI=1S/C18H18ClF3N3O7P/c19-10-2-1-9(7-11(10)20)12-4-6-29-33(28,32-12)30-8-13-15(26)18(21,22)16(31-13)25-5-3-14(23)24-17(25)27/h1-3,5,7,12-13,15-16,26H,4,6,8H2,(H2,23,24,27)/t12-,13-,15-,16-,33+/m1/s1. The van der Waals surface area contributed by atoms with E-state index in [1.807, 2.05) is 0 Å². The van der Waals surface area contributed by atoms with Crippen LogP contribution in [-0.2, 0) is 22.9 Å². The first kappa shape index (κ1) is 24.1. The Bertz CT molecular complexity index is 1150. The molecule has 15 heteroatoms. The Kier molecular flexibility index (Phi) is 6.58. The van der Waals surface area contributed by atoms with Crippen molar-refractivity contribution < 1.29 is 41.2 Å². The van der Waals surface area contributed by atoms with Crippen molar-refractivity contribution in [1.82, 2.24) is 9.55 Å². The molecule has 33 heavy (non-hydrogen) atoms. The molecule has 2 aliphatic heterocycles. The number of nitrogens with zero attached hydrogens (tertiary/aromatic N) is 2. The van der Waals surface area contributed by atoms with Crippen molar-refractivity contribution in [2.75, 3.05) is 18.9 Å². The number of rotatable bonds is 5. The van der Waals surface area contributed by atoms with Gasteiger partial charge >= 0.3 is 19.4 Å². The van der Waals surface area contributed by atoms with Crippen LogP contribution < -0.4 is 11.4 Å². The zero-order valence-electron chi connectivity index (χ0n) is 16.6. The zero-order valence-corrected chi connectivity index (χ0v) is 18.3.